The molecule has 0 N–H and O–H groups in total. The SMILES string of the molecule is CCOP(=O)(OCC)/C(=C\Cc1ccccc1)N(Cc1ccccc1)S(=O)(=O)c1ccc(C)cc1. The smallest absolute Gasteiger partial charge is 0.304 e. The van der Waals surface area contributed by atoms with E-state index in [0.717, 1.165) is 16.7 Å². The number of benzene rings is 3. The van der Waals surface area contributed by atoms with E-state index in [1.807, 2.05) is 67.6 Å². The van der Waals surface area contributed by atoms with E-state index in [1.54, 1.807) is 44.2 Å². The number of nitrogens with zero attached hydrogens (tertiary/aromatic N) is 1. The van der Waals surface area contributed by atoms with Crippen molar-refractivity contribution >= 4 is 17.6 Å². The number of hydrogen-bond donors (Lipinski definition) is 0. The van der Waals surface area contributed by atoms with Crippen molar-refractivity contribution in [2.24, 2.45) is 0 Å². The summed E-state index contributed by atoms with van der Waals surface area (Å²) < 4.78 is 54.6. The zero-order valence-electron chi connectivity index (χ0n) is 20.3. The molecule has 0 fully saturated rings. The molecule has 3 aromatic carbocycles. The molecular formula is C27H32NO5PS. The largest absolute Gasteiger partial charge is 0.377 e. The molecule has 8 heteroatoms. The van der Waals surface area contributed by atoms with Crippen molar-refractivity contribution in [2.75, 3.05) is 13.2 Å². The number of aryl methyl sites for hydroxylation is 1. The first-order chi connectivity index (χ1) is 16.8. The first-order valence-electron chi connectivity index (χ1n) is 11.6. The second-order valence-corrected chi connectivity index (χ2v) is 11.7. The van der Waals surface area contributed by atoms with E-state index in [-0.39, 0.29) is 30.1 Å². The Kier molecular flexibility index (Phi) is 9.47. The Labute approximate surface area is 208 Å². The van der Waals surface area contributed by atoms with Gasteiger partial charge in [0.15, 0.2) is 0 Å². The maximum absolute atomic E-state index is 14.1. The van der Waals surface area contributed by atoms with E-state index < -0.39 is 17.6 Å². The minimum atomic E-state index is -4.11. The van der Waals surface area contributed by atoms with Gasteiger partial charge in [0, 0.05) is 0 Å². The van der Waals surface area contributed by atoms with E-state index in [4.69, 9.17) is 9.05 Å². The Morgan fingerprint density at radius 3 is 1.86 bits per heavy atom. The molecule has 0 aliphatic heterocycles. The lowest BCUT2D eigenvalue weighted by Gasteiger charge is -2.31. The fourth-order valence-electron chi connectivity index (χ4n) is 3.56. The molecule has 0 heterocycles. The number of sulfonamides is 1. The van der Waals surface area contributed by atoms with Gasteiger partial charge in [-0.3, -0.25) is 8.87 Å². The lowest BCUT2D eigenvalue weighted by molar-refractivity contribution is 0.220. The van der Waals surface area contributed by atoms with Crippen molar-refractivity contribution in [1.82, 2.24) is 4.31 Å². The highest BCUT2D eigenvalue weighted by Gasteiger charge is 2.39. The van der Waals surface area contributed by atoms with Crippen molar-refractivity contribution < 1.29 is 22.0 Å². The summed E-state index contributed by atoms with van der Waals surface area (Å²) in [5.74, 6) is 0. The zero-order chi connectivity index (χ0) is 25.3. The predicted octanol–water partition coefficient (Wildman–Crippen LogP) is 6.54. The van der Waals surface area contributed by atoms with Crippen molar-refractivity contribution in [3.63, 3.8) is 0 Å². The monoisotopic (exact) mass is 513 g/mol. The summed E-state index contributed by atoms with van der Waals surface area (Å²) in [7, 11) is -8.08. The third-order valence-corrected chi connectivity index (χ3v) is 9.37. The maximum Gasteiger partial charge on any atom is 0.377 e. The number of rotatable bonds is 12. The minimum absolute atomic E-state index is 0.00878. The van der Waals surface area contributed by atoms with Crippen molar-refractivity contribution in [1.29, 1.82) is 0 Å². The molecular weight excluding hydrogens is 481 g/mol. The summed E-state index contributed by atoms with van der Waals surface area (Å²) in [6.45, 7) is 5.48. The van der Waals surface area contributed by atoms with E-state index >= 15 is 0 Å². The lowest BCUT2D eigenvalue weighted by Crippen LogP contribution is -2.31. The average Bonchev–Trinajstić information content (AvgIpc) is 2.85. The third-order valence-electron chi connectivity index (χ3n) is 5.28. The summed E-state index contributed by atoms with van der Waals surface area (Å²) in [6.07, 6.45) is 2.01. The summed E-state index contributed by atoms with van der Waals surface area (Å²) in [5, 5.41) is 0. The van der Waals surface area contributed by atoms with Gasteiger partial charge >= 0.3 is 7.60 Å². The first-order valence-corrected chi connectivity index (χ1v) is 14.6. The van der Waals surface area contributed by atoms with Crippen molar-refractivity contribution in [2.45, 2.75) is 38.6 Å². The van der Waals surface area contributed by atoms with E-state index in [2.05, 4.69) is 0 Å². The van der Waals surface area contributed by atoms with Crippen LogP contribution in [0.1, 0.15) is 30.5 Å². The number of hydrogen-bond acceptors (Lipinski definition) is 5. The molecule has 6 nitrogen and oxygen atoms in total. The quantitative estimate of drug-likeness (QED) is 0.257. The average molecular weight is 514 g/mol. The molecule has 0 saturated carbocycles. The Morgan fingerprint density at radius 2 is 1.34 bits per heavy atom. The van der Waals surface area contributed by atoms with Crippen LogP contribution < -0.4 is 0 Å². The van der Waals surface area contributed by atoms with Gasteiger partial charge in [-0.2, -0.15) is 0 Å². The summed E-state index contributed by atoms with van der Waals surface area (Å²) in [6, 6.07) is 25.4. The molecule has 0 aliphatic rings. The molecule has 0 aliphatic carbocycles. The van der Waals surface area contributed by atoms with Crippen LogP contribution in [-0.2, 0) is 36.6 Å². The molecule has 0 amide bonds. The second kappa shape index (κ2) is 12.3. The summed E-state index contributed by atoms with van der Waals surface area (Å²) in [5.41, 5.74) is 2.63. The Balaban J connectivity index is 2.21. The van der Waals surface area contributed by atoms with Crippen LogP contribution in [0.3, 0.4) is 0 Å². The number of allylic oxidation sites excluding steroid dienone is 1. The van der Waals surface area contributed by atoms with Gasteiger partial charge in [-0.1, -0.05) is 78.4 Å². The standard InChI is InChI=1S/C27H32NO5PS/c1-4-32-34(29,33-5-2)27(21-18-24-12-8-6-9-13-24)28(22-25-14-10-7-11-15-25)35(30,31)26-19-16-23(3)17-20-26/h6-17,19-21H,4-5,18,22H2,1-3H3/b27-21-. The molecule has 0 bridgehead atoms. The van der Waals surface area contributed by atoms with Crippen LogP contribution in [0.4, 0.5) is 0 Å². The van der Waals surface area contributed by atoms with Crippen LogP contribution in [0, 0.1) is 6.92 Å². The normalized spacial score (nSPS) is 12.5. The van der Waals surface area contributed by atoms with Gasteiger partial charge in [0.25, 0.3) is 10.0 Å². The van der Waals surface area contributed by atoms with Crippen LogP contribution in [0.15, 0.2) is 101 Å². The lowest BCUT2D eigenvalue weighted by atomic mass is 10.1. The van der Waals surface area contributed by atoms with Gasteiger partial charge in [-0.05, 0) is 56.5 Å². The van der Waals surface area contributed by atoms with Crippen LogP contribution in [0.5, 0.6) is 0 Å². The minimum Gasteiger partial charge on any atom is -0.304 e. The zero-order valence-corrected chi connectivity index (χ0v) is 22.0. The molecule has 0 spiro atoms. The fraction of sp³-hybridized carbons (Fsp3) is 0.259. The predicted molar refractivity (Wildman–Crippen MR) is 139 cm³/mol. The molecule has 0 saturated heterocycles. The highest BCUT2D eigenvalue weighted by atomic mass is 32.2. The highest BCUT2D eigenvalue weighted by Crippen LogP contribution is 2.58. The topological polar surface area (TPSA) is 72.9 Å². The summed E-state index contributed by atoms with van der Waals surface area (Å²) >= 11 is 0. The van der Waals surface area contributed by atoms with Gasteiger partial charge in [0.1, 0.15) is 5.44 Å². The van der Waals surface area contributed by atoms with Gasteiger partial charge in [0.05, 0.1) is 24.7 Å². The van der Waals surface area contributed by atoms with Gasteiger partial charge < -0.3 is 9.05 Å². The van der Waals surface area contributed by atoms with Gasteiger partial charge in [0.2, 0.25) is 0 Å². The molecule has 0 radical (unpaired) electrons. The second-order valence-electron chi connectivity index (χ2n) is 7.90. The van der Waals surface area contributed by atoms with Crippen LogP contribution in [0.2, 0.25) is 0 Å². The van der Waals surface area contributed by atoms with Crippen molar-refractivity contribution in [3.8, 4) is 0 Å². The molecule has 35 heavy (non-hydrogen) atoms. The molecule has 186 valence electrons. The van der Waals surface area contributed by atoms with Gasteiger partial charge in [-0.15, -0.1) is 0 Å². The third kappa shape index (κ3) is 6.92. The van der Waals surface area contributed by atoms with E-state index in [1.165, 1.54) is 4.31 Å². The Morgan fingerprint density at radius 1 is 0.829 bits per heavy atom. The molecule has 0 aromatic heterocycles. The van der Waals surface area contributed by atoms with Crippen LogP contribution in [-0.4, -0.2) is 25.9 Å². The Hall–Kier alpha value is -2.70. The van der Waals surface area contributed by atoms with E-state index in [0.29, 0.717) is 6.42 Å². The van der Waals surface area contributed by atoms with E-state index in [9.17, 15) is 13.0 Å². The van der Waals surface area contributed by atoms with Crippen LogP contribution in [0.25, 0.3) is 0 Å². The Bertz CT molecular complexity index is 1250. The summed E-state index contributed by atoms with van der Waals surface area (Å²) in [4.78, 5) is 0.101. The molecule has 0 atom stereocenters. The van der Waals surface area contributed by atoms with Crippen molar-refractivity contribution in [3.05, 3.63) is 113 Å². The molecule has 3 aromatic rings. The first kappa shape index (κ1) is 26.9. The maximum atomic E-state index is 14.1. The van der Waals surface area contributed by atoms with Gasteiger partial charge in [-0.25, -0.2) is 8.42 Å². The fourth-order valence-corrected chi connectivity index (χ4v) is 7.23. The molecule has 0 unspecified atom stereocenters. The highest BCUT2D eigenvalue weighted by molar-refractivity contribution is 7.89. The molecule has 3 rings (SSSR count). The van der Waals surface area contributed by atoms with Crippen LogP contribution >= 0.6 is 7.60 Å².